The van der Waals surface area contributed by atoms with Crippen LogP contribution in [0, 0.1) is 0 Å². The Morgan fingerprint density at radius 2 is 1.67 bits per heavy atom. The van der Waals surface area contributed by atoms with Crippen molar-refractivity contribution < 1.29 is 17.9 Å². The highest BCUT2D eigenvalue weighted by atomic mass is 32.1. The van der Waals surface area contributed by atoms with Crippen LogP contribution in [0.1, 0.15) is 19.4 Å². The third kappa shape index (κ3) is 6.63. The van der Waals surface area contributed by atoms with Crippen LogP contribution >= 0.6 is 12.2 Å². The summed E-state index contributed by atoms with van der Waals surface area (Å²) in [4.78, 5) is 2.22. The third-order valence-corrected chi connectivity index (χ3v) is 4.14. The minimum absolute atomic E-state index is 0.107. The molecule has 2 aromatic carbocycles. The number of rotatable bonds is 7. The molecule has 0 unspecified atom stereocenters. The Morgan fingerprint density at radius 3 is 2.26 bits per heavy atom. The molecule has 2 rings (SSSR count). The van der Waals surface area contributed by atoms with Crippen molar-refractivity contribution in [2.45, 2.75) is 26.8 Å². The van der Waals surface area contributed by atoms with Crippen LogP contribution in [0.4, 0.5) is 24.5 Å². The second-order valence-corrected chi connectivity index (χ2v) is 6.09. The molecule has 2 aromatic rings. The molecule has 27 heavy (non-hydrogen) atoms. The average Bonchev–Trinajstić information content (AvgIpc) is 2.62. The van der Waals surface area contributed by atoms with E-state index in [1.807, 2.05) is 24.3 Å². The molecule has 0 heterocycles. The first-order chi connectivity index (χ1) is 12.8. The van der Waals surface area contributed by atoms with E-state index in [0.717, 1.165) is 24.5 Å². The number of ether oxygens (including phenoxy) is 1. The third-order valence-electron chi connectivity index (χ3n) is 3.89. The van der Waals surface area contributed by atoms with Gasteiger partial charge in [-0.15, -0.1) is 13.2 Å². The van der Waals surface area contributed by atoms with Gasteiger partial charge in [-0.3, -0.25) is 0 Å². The Hall–Kier alpha value is -2.48. The van der Waals surface area contributed by atoms with E-state index in [-0.39, 0.29) is 12.3 Å². The molecule has 2 N–H and O–H groups in total. The lowest BCUT2D eigenvalue weighted by molar-refractivity contribution is -0.274. The molecular formula is C19H22F3N3OS. The fourth-order valence-electron chi connectivity index (χ4n) is 2.57. The molecule has 0 spiro atoms. The number of benzene rings is 2. The summed E-state index contributed by atoms with van der Waals surface area (Å²) in [5, 5.41) is 6.23. The molecule has 0 aliphatic carbocycles. The van der Waals surface area contributed by atoms with Gasteiger partial charge >= 0.3 is 6.36 Å². The van der Waals surface area contributed by atoms with E-state index >= 15 is 0 Å². The number of hydrogen-bond donors (Lipinski definition) is 2. The number of anilines is 2. The summed E-state index contributed by atoms with van der Waals surface area (Å²) in [6.45, 7) is 6.13. The summed E-state index contributed by atoms with van der Waals surface area (Å²) >= 11 is 5.22. The maximum atomic E-state index is 12.5. The van der Waals surface area contributed by atoms with Gasteiger partial charge in [0, 0.05) is 36.6 Å². The normalized spacial score (nSPS) is 11.0. The fraction of sp³-hybridized carbons (Fsp3) is 0.316. The van der Waals surface area contributed by atoms with Crippen molar-refractivity contribution >= 4 is 28.7 Å². The van der Waals surface area contributed by atoms with E-state index in [1.165, 1.54) is 12.1 Å². The Morgan fingerprint density at radius 1 is 1.04 bits per heavy atom. The highest BCUT2D eigenvalue weighted by Gasteiger charge is 2.31. The predicted molar refractivity (Wildman–Crippen MR) is 106 cm³/mol. The predicted octanol–water partition coefficient (Wildman–Crippen LogP) is 4.92. The van der Waals surface area contributed by atoms with Crippen molar-refractivity contribution in [1.29, 1.82) is 0 Å². The molecule has 0 fully saturated rings. The zero-order valence-electron chi connectivity index (χ0n) is 15.1. The summed E-state index contributed by atoms with van der Waals surface area (Å²) in [5.41, 5.74) is 2.27. The van der Waals surface area contributed by atoms with Crippen LogP contribution in [-0.4, -0.2) is 24.6 Å². The van der Waals surface area contributed by atoms with E-state index in [9.17, 15) is 13.2 Å². The van der Waals surface area contributed by atoms with Crippen LogP contribution < -0.4 is 20.3 Å². The molecule has 0 aliphatic rings. The second-order valence-electron chi connectivity index (χ2n) is 5.68. The summed E-state index contributed by atoms with van der Waals surface area (Å²) in [5.74, 6) is -0.246. The second kappa shape index (κ2) is 9.45. The molecule has 0 saturated heterocycles. The molecule has 0 radical (unpaired) electrons. The van der Waals surface area contributed by atoms with Gasteiger partial charge in [-0.25, -0.2) is 0 Å². The van der Waals surface area contributed by atoms with Gasteiger partial charge in [0.25, 0.3) is 0 Å². The van der Waals surface area contributed by atoms with E-state index in [2.05, 4.69) is 34.1 Å². The van der Waals surface area contributed by atoms with Gasteiger partial charge in [0.15, 0.2) is 5.11 Å². The first-order valence-electron chi connectivity index (χ1n) is 8.56. The minimum Gasteiger partial charge on any atom is -0.405 e. The van der Waals surface area contributed by atoms with Crippen molar-refractivity contribution in [3.63, 3.8) is 0 Å². The lowest BCUT2D eigenvalue weighted by Crippen LogP contribution is -2.28. The van der Waals surface area contributed by atoms with Gasteiger partial charge in [0.05, 0.1) is 0 Å². The van der Waals surface area contributed by atoms with Crippen molar-refractivity contribution in [3.05, 3.63) is 54.1 Å². The van der Waals surface area contributed by atoms with Gasteiger partial charge in [0.1, 0.15) is 5.75 Å². The maximum Gasteiger partial charge on any atom is 0.573 e. The summed E-state index contributed by atoms with van der Waals surface area (Å²) in [6.07, 6.45) is -4.73. The van der Waals surface area contributed by atoms with Crippen LogP contribution in [0.5, 0.6) is 5.75 Å². The molecule has 0 bridgehead atoms. The molecule has 0 aliphatic heterocycles. The molecule has 0 aromatic heterocycles. The van der Waals surface area contributed by atoms with Crippen molar-refractivity contribution in [2.75, 3.05) is 23.3 Å². The van der Waals surface area contributed by atoms with Crippen LogP contribution in [0.2, 0.25) is 0 Å². The van der Waals surface area contributed by atoms with Gasteiger partial charge in [-0.1, -0.05) is 18.2 Å². The van der Waals surface area contributed by atoms with Crippen LogP contribution in [0.25, 0.3) is 0 Å². The number of para-hydroxylation sites is 1. The van der Waals surface area contributed by atoms with Crippen LogP contribution in [-0.2, 0) is 6.54 Å². The minimum atomic E-state index is -4.73. The van der Waals surface area contributed by atoms with Crippen molar-refractivity contribution in [2.24, 2.45) is 0 Å². The number of thiocarbonyl (C=S) groups is 1. The van der Waals surface area contributed by atoms with Gasteiger partial charge in [-0.2, -0.15) is 0 Å². The first kappa shape index (κ1) is 20.8. The van der Waals surface area contributed by atoms with Crippen LogP contribution in [0.15, 0.2) is 48.5 Å². The molecule has 0 atom stereocenters. The zero-order chi connectivity index (χ0) is 19.9. The smallest absolute Gasteiger partial charge is 0.405 e. The molecule has 146 valence electrons. The highest BCUT2D eigenvalue weighted by molar-refractivity contribution is 7.80. The Labute approximate surface area is 162 Å². The summed E-state index contributed by atoms with van der Waals surface area (Å²) in [7, 11) is 0. The number of alkyl halides is 3. The zero-order valence-corrected chi connectivity index (χ0v) is 16.0. The topological polar surface area (TPSA) is 36.5 Å². The standard InChI is InChI=1S/C19H22F3N3OS/c1-3-25(4-2)16-11-9-15(10-12-16)24-18(27)23-13-14-7-5-6-8-17(14)26-19(20,21)22/h5-12H,3-4,13H2,1-2H3,(H2,23,24,27). The lowest BCUT2D eigenvalue weighted by Gasteiger charge is -2.21. The SMILES string of the molecule is CCN(CC)c1ccc(NC(=S)NCc2ccccc2OC(F)(F)F)cc1. The molecule has 0 amide bonds. The molecule has 8 heteroatoms. The number of nitrogens with zero attached hydrogens (tertiary/aromatic N) is 1. The monoisotopic (exact) mass is 397 g/mol. The Bertz CT molecular complexity index is 747. The fourth-order valence-corrected chi connectivity index (χ4v) is 2.76. The Kier molecular flexibility index (Phi) is 7.29. The van der Waals surface area contributed by atoms with E-state index in [4.69, 9.17) is 12.2 Å². The van der Waals surface area contributed by atoms with Gasteiger partial charge in [0.2, 0.25) is 0 Å². The van der Waals surface area contributed by atoms with Gasteiger partial charge in [-0.05, 0) is 56.4 Å². The quantitative estimate of drug-likeness (QED) is 0.649. The lowest BCUT2D eigenvalue weighted by atomic mass is 10.2. The highest BCUT2D eigenvalue weighted by Crippen LogP contribution is 2.26. The average molecular weight is 397 g/mol. The summed E-state index contributed by atoms with van der Waals surface area (Å²) in [6, 6.07) is 13.7. The number of nitrogens with one attached hydrogen (secondary N) is 2. The van der Waals surface area contributed by atoms with Gasteiger partial charge < -0.3 is 20.3 Å². The van der Waals surface area contributed by atoms with Crippen molar-refractivity contribution in [3.8, 4) is 5.75 Å². The first-order valence-corrected chi connectivity index (χ1v) is 8.96. The largest absolute Gasteiger partial charge is 0.573 e. The van der Waals surface area contributed by atoms with E-state index in [1.54, 1.807) is 12.1 Å². The summed E-state index contributed by atoms with van der Waals surface area (Å²) < 4.78 is 41.4. The van der Waals surface area contributed by atoms with E-state index in [0.29, 0.717) is 10.7 Å². The van der Waals surface area contributed by atoms with Crippen molar-refractivity contribution in [1.82, 2.24) is 5.32 Å². The van der Waals surface area contributed by atoms with Crippen LogP contribution in [0.3, 0.4) is 0 Å². The molecular weight excluding hydrogens is 375 g/mol. The molecule has 4 nitrogen and oxygen atoms in total. The molecule has 0 saturated carbocycles. The Balaban J connectivity index is 1.93. The maximum absolute atomic E-state index is 12.5. The van der Waals surface area contributed by atoms with E-state index < -0.39 is 6.36 Å². The number of halogens is 3. The number of hydrogen-bond acceptors (Lipinski definition) is 3.